The fraction of sp³-hybridized carbons (Fsp3) is 0.385. The van der Waals surface area contributed by atoms with Crippen LogP contribution in [0, 0.1) is 0 Å². The molecular weight excluding hydrogens is 230 g/mol. The SMILES string of the molecule is CN1C(=O)[C@@H]2CCCN2C(=O)c2c(N)cccc21. The number of benzene rings is 1. The van der Waals surface area contributed by atoms with Crippen molar-refractivity contribution < 1.29 is 9.59 Å². The van der Waals surface area contributed by atoms with E-state index in [9.17, 15) is 9.59 Å². The number of nitrogens with zero attached hydrogens (tertiary/aromatic N) is 2. The maximum Gasteiger partial charge on any atom is 0.258 e. The summed E-state index contributed by atoms with van der Waals surface area (Å²) in [6.45, 7) is 0.636. The van der Waals surface area contributed by atoms with Crippen LogP contribution in [0.1, 0.15) is 23.2 Å². The van der Waals surface area contributed by atoms with Crippen molar-refractivity contribution in [1.82, 2.24) is 4.90 Å². The maximum absolute atomic E-state index is 12.5. The molecule has 0 aliphatic carbocycles. The molecule has 0 aromatic heterocycles. The van der Waals surface area contributed by atoms with Crippen molar-refractivity contribution in [1.29, 1.82) is 0 Å². The van der Waals surface area contributed by atoms with E-state index in [0.717, 1.165) is 12.8 Å². The lowest BCUT2D eigenvalue weighted by atomic mass is 10.1. The molecule has 2 N–H and O–H groups in total. The van der Waals surface area contributed by atoms with Gasteiger partial charge in [-0.25, -0.2) is 0 Å². The molecule has 2 aliphatic rings. The summed E-state index contributed by atoms with van der Waals surface area (Å²) in [5.41, 5.74) is 7.41. The second-order valence-corrected chi connectivity index (χ2v) is 4.80. The van der Waals surface area contributed by atoms with E-state index in [-0.39, 0.29) is 17.9 Å². The minimum Gasteiger partial charge on any atom is -0.398 e. The fourth-order valence-corrected chi connectivity index (χ4v) is 2.82. The summed E-state index contributed by atoms with van der Waals surface area (Å²) in [7, 11) is 1.70. The summed E-state index contributed by atoms with van der Waals surface area (Å²) in [5.74, 6) is -0.145. The van der Waals surface area contributed by atoms with E-state index in [4.69, 9.17) is 5.73 Å². The van der Waals surface area contributed by atoms with Gasteiger partial charge in [-0.15, -0.1) is 0 Å². The topological polar surface area (TPSA) is 66.6 Å². The maximum atomic E-state index is 12.5. The Balaban J connectivity index is 2.22. The average Bonchev–Trinajstić information content (AvgIpc) is 2.82. The van der Waals surface area contributed by atoms with Crippen LogP contribution in [0.3, 0.4) is 0 Å². The van der Waals surface area contributed by atoms with Gasteiger partial charge in [0.25, 0.3) is 5.91 Å². The molecule has 1 fully saturated rings. The zero-order valence-corrected chi connectivity index (χ0v) is 10.2. The number of likely N-dealkylation sites (N-methyl/N-ethyl adjacent to an activating group) is 1. The van der Waals surface area contributed by atoms with Crippen LogP contribution in [0.4, 0.5) is 11.4 Å². The number of rotatable bonds is 0. The summed E-state index contributed by atoms with van der Waals surface area (Å²) in [5, 5.41) is 0. The first-order chi connectivity index (χ1) is 8.61. The van der Waals surface area contributed by atoms with Crippen LogP contribution >= 0.6 is 0 Å². The summed E-state index contributed by atoms with van der Waals surface area (Å²) >= 11 is 0. The number of nitrogen functional groups attached to an aromatic ring is 1. The largest absolute Gasteiger partial charge is 0.398 e. The molecule has 2 amide bonds. The van der Waals surface area contributed by atoms with Gasteiger partial charge in [0.05, 0.1) is 11.3 Å². The zero-order valence-electron chi connectivity index (χ0n) is 10.2. The van der Waals surface area contributed by atoms with Crippen LogP contribution in [0.25, 0.3) is 0 Å². The van der Waals surface area contributed by atoms with Crippen molar-refractivity contribution >= 4 is 23.2 Å². The van der Waals surface area contributed by atoms with Crippen molar-refractivity contribution in [2.75, 3.05) is 24.2 Å². The minimum absolute atomic E-state index is 0.0230. The number of fused-ring (bicyclic) bond motifs is 2. The molecule has 0 bridgehead atoms. The highest BCUT2D eigenvalue weighted by molar-refractivity contribution is 6.13. The van der Waals surface area contributed by atoms with Crippen molar-refractivity contribution in [2.45, 2.75) is 18.9 Å². The highest BCUT2D eigenvalue weighted by Gasteiger charge is 2.41. The van der Waals surface area contributed by atoms with Gasteiger partial charge in [0.1, 0.15) is 6.04 Å². The van der Waals surface area contributed by atoms with Gasteiger partial charge in [-0.05, 0) is 25.0 Å². The summed E-state index contributed by atoms with van der Waals surface area (Å²) in [6.07, 6.45) is 1.61. The Hall–Kier alpha value is -2.04. The second-order valence-electron chi connectivity index (χ2n) is 4.80. The number of carbonyl (C=O) groups excluding carboxylic acids is 2. The van der Waals surface area contributed by atoms with Crippen molar-refractivity contribution in [3.05, 3.63) is 23.8 Å². The van der Waals surface area contributed by atoms with Crippen LogP contribution in [0.2, 0.25) is 0 Å². The van der Waals surface area contributed by atoms with Crippen LogP contribution in [0.5, 0.6) is 0 Å². The fourth-order valence-electron chi connectivity index (χ4n) is 2.82. The molecular formula is C13H15N3O2. The Bertz CT molecular complexity index is 541. The zero-order chi connectivity index (χ0) is 12.9. The Morgan fingerprint density at radius 3 is 2.89 bits per heavy atom. The van der Waals surface area contributed by atoms with Crippen molar-refractivity contribution in [3.8, 4) is 0 Å². The highest BCUT2D eigenvalue weighted by atomic mass is 16.2. The Morgan fingerprint density at radius 2 is 2.11 bits per heavy atom. The third-order valence-corrected chi connectivity index (χ3v) is 3.78. The molecule has 18 heavy (non-hydrogen) atoms. The average molecular weight is 245 g/mol. The monoisotopic (exact) mass is 245 g/mol. The molecule has 0 radical (unpaired) electrons. The smallest absolute Gasteiger partial charge is 0.258 e. The van der Waals surface area contributed by atoms with E-state index in [1.54, 1.807) is 35.0 Å². The van der Waals surface area contributed by atoms with Gasteiger partial charge in [0.15, 0.2) is 0 Å². The Labute approximate surface area is 105 Å². The summed E-state index contributed by atoms with van der Waals surface area (Å²) in [6, 6.07) is 4.91. The van der Waals surface area contributed by atoms with Gasteiger partial charge in [-0.2, -0.15) is 0 Å². The number of hydrogen-bond acceptors (Lipinski definition) is 3. The molecule has 2 heterocycles. The molecule has 2 aliphatic heterocycles. The quantitative estimate of drug-likeness (QED) is 0.689. The number of anilines is 2. The molecule has 0 unspecified atom stereocenters. The predicted octanol–water partition coefficient (Wildman–Crippen LogP) is 0.850. The van der Waals surface area contributed by atoms with E-state index in [0.29, 0.717) is 23.5 Å². The van der Waals surface area contributed by atoms with Gasteiger partial charge in [0.2, 0.25) is 5.91 Å². The van der Waals surface area contributed by atoms with E-state index in [1.807, 2.05) is 0 Å². The Kier molecular flexibility index (Phi) is 2.29. The molecule has 3 rings (SSSR count). The molecule has 94 valence electrons. The minimum atomic E-state index is -0.325. The van der Waals surface area contributed by atoms with Gasteiger partial charge in [0, 0.05) is 19.3 Å². The number of amides is 2. The second kappa shape index (κ2) is 3.73. The normalized spacial score (nSPS) is 22.8. The van der Waals surface area contributed by atoms with Crippen LogP contribution in [0.15, 0.2) is 18.2 Å². The first-order valence-electron chi connectivity index (χ1n) is 6.08. The van der Waals surface area contributed by atoms with Crippen LogP contribution in [-0.4, -0.2) is 36.3 Å². The number of hydrogen-bond donors (Lipinski definition) is 1. The van der Waals surface area contributed by atoms with E-state index in [2.05, 4.69) is 0 Å². The standard InChI is InChI=1S/C13H15N3O2/c1-15-9-5-2-4-8(14)11(9)13(18)16-7-3-6-10(16)12(15)17/h2,4-5,10H,3,6-7,14H2,1H3/t10-/m0/s1. The van der Waals surface area contributed by atoms with Crippen LogP contribution < -0.4 is 10.6 Å². The van der Waals surface area contributed by atoms with E-state index < -0.39 is 0 Å². The first-order valence-corrected chi connectivity index (χ1v) is 6.08. The molecule has 1 atom stereocenters. The Morgan fingerprint density at radius 1 is 1.33 bits per heavy atom. The number of nitrogens with two attached hydrogens (primary N) is 1. The molecule has 5 nitrogen and oxygen atoms in total. The van der Waals surface area contributed by atoms with Crippen molar-refractivity contribution in [3.63, 3.8) is 0 Å². The molecule has 5 heteroatoms. The molecule has 1 aromatic rings. The third kappa shape index (κ3) is 1.33. The molecule has 1 saturated heterocycles. The number of carbonyl (C=O) groups is 2. The van der Waals surface area contributed by atoms with Gasteiger partial charge in [-0.1, -0.05) is 6.07 Å². The lowest BCUT2D eigenvalue weighted by Crippen LogP contribution is -2.43. The lowest BCUT2D eigenvalue weighted by molar-refractivity contribution is -0.121. The first kappa shape index (κ1) is 11.1. The molecule has 1 aromatic carbocycles. The van der Waals surface area contributed by atoms with E-state index in [1.165, 1.54) is 0 Å². The summed E-state index contributed by atoms with van der Waals surface area (Å²) in [4.78, 5) is 28.0. The lowest BCUT2D eigenvalue weighted by Gasteiger charge is -2.22. The van der Waals surface area contributed by atoms with E-state index >= 15 is 0 Å². The van der Waals surface area contributed by atoms with Gasteiger partial charge >= 0.3 is 0 Å². The van der Waals surface area contributed by atoms with Gasteiger partial charge in [-0.3, -0.25) is 9.59 Å². The molecule has 0 spiro atoms. The third-order valence-electron chi connectivity index (χ3n) is 3.78. The van der Waals surface area contributed by atoms with Crippen molar-refractivity contribution in [2.24, 2.45) is 0 Å². The highest BCUT2D eigenvalue weighted by Crippen LogP contribution is 2.34. The molecule has 0 saturated carbocycles. The predicted molar refractivity (Wildman–Crippen MR) is 68.3 cm³/mol. The van der Waals surface area contributed by atoms with Gasteiger partial charge < -0.3 is 15.5 Å². The summed E-state index contributed by atoms with van der Waals surface area (Å²) < 4.78 is 0. The van der Waals surface area contributed by atoms with Crippen LogP contribution in [-0.2, 0) is 4.79 Å².